The fourth-order valence-electron chi connectivity index (χ4n) is 2.15. The molecule has 0 N–H and O–H groups in total. The van der Waals surface area contributed by atoms with Gasteiger partial charge in [0.05, 0.1) is 0 Å². The van der Waals surface area contributed by atoms with Crippen LogP contribution in [0.2, 0.25) is 0 Å². The van der Waals surface area contributed by atoms with E-state index >= 15 is 0 Å². The summed E-state index contributed by atoms with van der Waals surface area (Å²) in [6.45, 7) is 0. The van der Waals surface area contributed by atoms with E-state index in [9.17, 15) is 26.3 Å². The maximum Gasteiger partial charge on any atom is 2.00 e. The largest absolute Gasteiger partial charge is 2.00 e. The van der Waals surface area contributed by atoms with Crippen molar-refractivity contribution < 1.29 is 47.4 Å². The molecule has 31 heavy (non-hydrogen) atoms. The quantitative estimate of drug-likeness (QED) is 0.313. The Morgan fingerprint density at radius 3 is 1.26 bits per heavy atom. The molecule has 4 aromatic heterocycles. The van der Waals surface area contributed by atoms with Crippen LogP contribution in [0.1, 0.15) is 11.4 Å². The molecule has 0 atom stereocenters. The molecule has 0 spiro atoms. The number of rotatable bonds is 2. The van der Waals surface area contributed by atoms with Crippen LogP contribution in [0.5, 0.6) is 0 Å². The van der Waals surface area contributed by atoms with E-state index in [0.29, 0.717) is 11.4 Å². The normalized spacial score (nSPS) is 11.3. The number of nitrogens with zero attached hydrogens (tertiary/aromatic N) is 6. The molecule has 0 aliphatic heterocycles. The third-order valence-corrected chi connectivity index (χ3v) is 3.51. The Morgan fingerprint density at radius 1 is 0.613 bits per heavy atom. The van der Waals surface area contributed by atoms with E-state index in [1.807, 2.05) is 0 Å². The molecule has 0 aromatic carbocycles. The summed E-state index contributed by atoms with van der Waals surface area (Å²) in [7, 11) is 0. The first kappa shape index (κ1) is 24.3. The number of hydrogen-bond donors (Lipinski definition) is 0. The molecule has 0 saturated heterocycles. The fourth-order valence-corrected chi connectivity index (χ4v) is 2.15. The Kier molecular flexibility index (Phi) is 7.72. The molecule has 13 heteroatoms. The summed E-state index contributed by atoms with van der Waals surface area (Å²) in [5.41, 5.74) is -0.988. The van der Waals surface area contributed by atoms with Crippen LogP contribution in [-0.2, 0) is 33.4 Å². The number of pyridine rings is 2. The van der Waals surface area contributed by atoms with E-state index in [4.69, 9.17) is 0 Å². The van der Waals surface area contributed by atoms with E-state index in [0.717, 1.165) is 12.1 Å². The van der Waals surface area contributed by atoms with Crippen molar-refractivity contribution in [2.75, 3.05) is 0 Å². The topological polar surface area (TPSA) is 79.8 Å². The first-order valence-electron chi connectivity index (χ1n) is 8.12. The van der Waals surface area contributed by atoms with Crippen LogP contribution in [0.3, 0.4) is 0 Å². The molecule has 0 aliphatic carbocycles. The summed E-state index contributed by atoms with van der Waals surface area (Å²) >= 11 is 0. The molecule has 0 aliphatic rings. The van der Waals surface area contributed by atoms with Crippen LogP contribution in [0.4, 0.5) is 26.3 Å². The average molecular weight is 619 g/mol. The molecule has 0 saturated carbocycles. The van der Waals surface area contributed by atoms with Gasteiger partial charge in [-0.3, -0.25) is 9.97 Å². The van der Waals surface area contributed by atoms with Crippen molar-refractivity contribution in [3.8, 4) is 22.8 Å². The van der Waals surface area contributed by atoms with Gasteiger partial charge in [-0.1, -0.05) is 23.5 Å². The third kappa shape index (κ3) is 6.48. The summed E-state index contributed by atoms with van der Waals surface area (Å²) in [5.74, 6) is 0. The molecule has 0 fully saturated rings. The van der Waals surface area contributed by atoms with Crippen molar-refractivity contribution in [2.24, 2.45) is 0 Å². The monoisotopic (exact) mass is 619 g/mol. The van der Waals surface area contributed by atoms with Gasteiger partial charge in [0.25, 0.3) is 0 Å². The molecule has 4 aromatic rings. The Morgan fingerprint density at radius 2 is 1.00 bits per heavy atom. The second kappa shape index (κ2) is 9.86. The summed E-state index contributed by atoms with van der Waals surface area (Å²) in [4.78, 5) is 7.75. The molecule has 0 amide bonds. The molecular weight excluding hydrogens is 609 g/mol. The van der Waals surface area contributed by atoms with Crippen molar-refractivity contribution in [2.45, 2.75) is 12.4 Å². The SMILES string of the molecule is FC(F)(F)c1cc(-c2ccccn2)[n-]n1.FC(F)(F)c1cc(-c2ccccn2)[n-]n1.[Pt+2]. The molecule has 4 rings (SSSR count). The van der Waals surface area contributed by atoms with Gasteiger partial charge in [-0.25, -0.2) is 0 Å². The first-order valence-corrected chi connectivity index (χ1v) is 8.12. The van der Waals surface area contributed by atoms with Crippen molar-refractivity contribution in [1.29, 1.82) is 0 Å². The Labute approximate surface area is 185 Å². The predicted octanol–water partition coefficient (Wildman–Crippen LogP) is 4.24. The zero-order valence-electron chi connectivity index (χ0n) is 15.0. The van der Waals surface area contributed by atoms with Crippen molar-refractivity contribution >= 4 is 0 Å². The van der Waals surface area contributed by atoms with Gasteiger partial charge in [-0.2, -0.15) is 26.3 Å². The van der Waals surface area contributed by atoms with E-state index < -0.39 is 23.7 Å². The minimum atomic E-state index is -4.46. The summed E-state index contributed by atoms with van der Waals surface area (Å²) in [6.07, 6.45) is -5.95. The first-order chi connectivity index (χ1) is 14.1. The molecule has 0 radical (unpaired) electrons. The van der Waals surface area contributed by atoms with Gasteiger partial charge in [0, 0.05) is 23.8 Å². The van der Waals surface area contributed by atoms with E-state index in [1.54, 1.807) is 36.4 Å². The van der Waals surface area contributed by atoms with Crippen molar-refractivity contribution in [3.05, 3.63) is 72.3 Å². The average Bonchev–Trinajstić information content (AvgIpc) is 3.40. The maximum atomic E-state index is 12.2. The third-order valence-electron chi connectivity index (χ3n) is 3.51. The van der Waals surface area contributed by atoms with Crippen LogP contribution in [0, 0.1) is 0 Å². The molecule has 6 nitrogen and oxygen atoms in total. The van der Waals surface area contributed by atoms with Crippen molar-refractivity contribution in [1.82, 2.24) is 30.4 Å². The van der Waals surface area contributed by atoms with E-state index in [-0.39, 0.29) is 32.5 Å². The zero-order chi connectivity index (χ0) is 21.8. The maximum absolute atomic E-state index is 12.2. The Balaban J connectivity index is 0.000000213. The summed E-state index contributed by atoms with van der Waals surface area (Å²) < 4.78 is 73.2. The number of aromatic nitrogens is 6. The van der Waals surface area contributed by atoms with Crippen LogP contribution >= 0.6 is 0 Å². The van der Waals surface area contributed by atoms with Crippen LogP contribution < -0.4 is 10.2 Å². The summed E-state index contributed by atoms with van der Waals surface area (Å²) in [6, 6.07) is 11.6. The van der Waals surface area contributed by atoms with Crippen LogP contribution in [0.15, 0.2) is 60.9 Å². The van der Waals surface area contributed by atoms with Gasteiger partial charge in [-0.15, -0.1) is 0 Å². The van der Waals surface area contributed by atoms with Crippen molar-refractivity contribution in [3.63, 3.8) is 0 Å². The number of alkyl halides is 6. The predicted molar refractivity (Wildman–Crippen MR) is 91.6 cm³/mol. The smallest absolute Gasteiger partial charge is 0.573 e. The molecule has 164 valence electrons. The minimum Gasteiger partial charge on any atom is -0.573 e. The van der Waals surface area contributed by atoms with Gasteiger partial charge in [0.1, 0.15) is 11.4 Å². The van der Waals surface area contributed by atoms with Gasteiger partial charge in [0.2, 0.25) is 0 Å². The standard InChI is InChI=1S/2C9H5F3N3.Pt/c2*10-9(11,12)8-5-7(14-15-8)6-3-1-2-4-13-6;/h2*1-5H;/q2*-1;+2. The number of hydrogen-bond acceptors (Lipinski definition) is 4. The van der Waals surface area contributed by atoms with Crippen LogP contribution in [0.25, 0.3) is 22.8 Å². The second-order valence-electron chi connectivity index (χ2n) is 5.66. The van der Waals surface area contributed by atoms with E-state index in [2.05, 4.69) is 30.4 Å². The fraction of sp³-hybridized carbons (Fsp3) is 0.111. The van der Waals surface area contributed by atoms with Gasteiger partial charge in [0.15, 0.2) is 0 Å². The minimum absolute atomic E-state index is 0. The molecular formula is C18H10F6N6Pt. The molecule has 0 bridgehead atoms. The van der Waals surface area contributed by atoms with Crippen LogP contribution in [-0.4, -0.2) is 20.2 Å². The van der Waals surface area contributed by atoms with E-state index in [1.165, 1.54) is 12.4 Å². The second-order valence-corrected chi connectivity index (χ2v) is 5.66. The van der Waals surface area contributed by atoms with Gasteiger partial charge in [-0.05, 0) is 36.4 Å². The zero-order valence-corrected chi connectivity index (χ0v) is 17.3. The Hall–Kier alpha value is -3.01. The summed E-state index contributed by atoms with van der Waals surface area (Å²) in [5, 5.41) is 12.9. The molecule has 4 heterocycles. The van der Waals surface area contributed by atoms with Gasteiger partial charge < -0.3 is 20.4 Å². The number of halogens is 6. The Bertz CT molecular complexity index is 988. The van der Waals surface area contributed by atoms with Gasteiger partial charge >= 0.3 is 33.4 Å². The molecule has 0 unspecified atom stereocenters.